The summed E-state index contributed by atoms with van der Waals surface area (Å²) in [7, 11) is 0. The summed E-state index contributed by atoms with van der Waals surface area (Å²) >= 11 is 12.1. The number of ketones is 1. The van der Waals surface area contributed by atoms with E-state index in [1.807, 2.05) is 0 Å². The van der Waals surface area contributed by atoms with Crippen molar-refractivity contribution in [3.05, 3.63) is 69.2 Å². The molecule has 1 saturated carbocycles. The van der Waals surface area contributed by atoms with Gasteiger partial charge in [-0.15, -0.1) is 0 Å². The smallest absolute Gasteiger partial charge is 0.326 e. The number of nitrogens with one attached hydrogen (secondary N) is 1. The zero-order chi connectivity index (χ0) is 25.5. The van der Waals surface area contributed by atoms with Gasteiger partial charge in [-0.25, -0.2) is 4.79 Å². The number of carbonyl (C=O) groups is 3. The molecule has 8 nitrogen and oxygen atoms in total. The normalized spacial score (nSPS) is 18.3. The first kappa shape index (κ1) is 26.5. The molecule has 1 amide bonds. The highest BCUT2D eigenvalue weighted by Gasteiger charge is 2.27. The zero-order valence-corrected chi connectivity index (χ0v) is 20.6. The molecular weight excluding hydrogens is 491 g/mol. The van der Waals surface area contributed by atoms with Crippen molar-refractivity contribution in [3.8, 4) is 0 Å². The van der Waals surface area contributed by atoms with E-state index in [9.17, 15) is 19.5 Å². The van der Waals surface area contributed by atoms with E-state index in [1.54, 1.807) is 30.3 Å². The molecule has 186 valence electrons. The van der Waals surface area contributed by atoms with E-state index in [1.165, 1.54) is 12.1 Å². The highest BCUT2D eigenvalue weighted by Crippen LogP contribution is 2.28. The molecule has 0 spiro atoms. The van der Waals surface area contributed by atoms with Crippen LogP contribution >= 0.6 is 23.2 Å². The molecule has 0 radical (unpaired) electrons. The van der Waals surface area contributed by atoms with Crippen LogP contribution in [0, 0.1) is 5.92 Å². The van der Waals surface area contributed by atoms with Gasteiger partial charge in [-0.1, -0.05) is 60.0 Å². The Morgan fingerprint density at radius 1 is 1.03 bits per heavy atom. The van der Waals surface area contributed by atoms with E-state index in [2.05, 4.69) is 10.3 Å². The molecule has 6 N–H and O–H groups in total. The molecule has 2 aromatic rings. The van der Waals surface area contributed by atoms with Gasteiger partial charge >= 0.3 is 5.97 Å². The van der Waals surface area contributed by atoms with Gasteiger partial charge in [0.25, 0.3) is 5.91 Å². The van der Waals surface area contributed by atoms with E-state index in [4.69, 9.17) is 34.7 Å². The van der Waals surface area contributed by atoms with Crippen LogP contribution in [-0.2, 0) is 22.4 Å². The Kier molecular flexibility index (Phi) is 9.12. The molecule has 0 heterocycles. The molecule has 2 aromatic carbocycles. The van der Waals surface area contributed by atoms with Crippen molar-refractivity contribution in [3.63, 3.8) is 0 Å². The van der Waals surface area contributed by atoms with Crippen molar-refractivity contribution >= 4 is 46.8 Å². The summed E-state index contributed by atoms with van der Waals surface area (Å²) in [6.07, 6.45) is 3.58. The molecule has 3 rings (SSSR count). The molecule has 0 bridgehead atoms. The predicted molar refractivity (Wildman–Crippen MR) is 136 cm³/mol. The van der Waals surface area contributed by atoms with Crippen LogP contribution in [0.5, 0.6) is 0 Å². The summed E-state index contributed by atoms with van der Waals surface area (Å²) in [6, 6.07) is 10.5. The number of carbonyl (C=O) groups excluding carboxylic acids is 2. The number of aliphatic imine (C=N–C) groups is 1. The zero-order valence-electron chi connectivity index (χ0n) is 19.0. The van der Waals surface area contributed by atoms with Gasteiger partial charge in [0.15, 0.2) is 5.96 Å². The van der Waals surface area contributed by atoms with Crippen molar-refractivity contribution in [2.24, 2.45) is 22.4 Å². The topological polar surface area (TPSA) is 148 Å². The third-order valence-corrected chi connectivity index (χ3v) is 6.70. The number of carboxylic acids is 1. The van der Waals surface area contributed by atoms with Crippen molar-refractivity contribution in [2.75, 3.05) is 0 Å². The maximum atomic E-state index is 12.8. The maximum Gasteiger partial charge on any atom is 0.326 e. The first-order valence-electron chi connectivity index (χ1n) is 11.3. The predicted octanol–water partition coefficient (Wildman–Crippen LogP) is 3.36. The lowest BCUT2D eigenvalue weighted by Crippen LogP contribution is -2.42. The van der Waals surface area contributed by atoms with Gasteiger partial charge in [0.05, 0.1) is 21.7 Å². The molecule has 0 unspecified atom stereocenters. The Bertz CT molecular complexity index is 1100. The Labute approximate surface area is 213 Å². The number of amides is 1. The van der Waals surface area contributed by atoms with Gasteiger partial charge in [0.1, 0.15) is 11.8 Å². The Morgan fingerprint density at radius 2 is 1.66 bits per heavy atom. The Morgan fingerprint density at radius 3 is 2.26 bits per heavy atom. The molecule has 1 fully saturated rings. The average molecular weight is 519 g/mol. The summed E-state index contributed by atoms with van der Waals surface area (Å²) in [6.45, 7) is 0. The molecule has 0 aromatic heterocycles. The van der Waals surface area contributed by atoms with Crippen LogP contribution in [0.15, 0.2) is 47.5 Å². The number of Topliss-reactive ketones (excluding diaryl/α,β-unsaturated/α-hetero) is 1. The van der Waals surface area contributed by atoms with Crippen LogP contribution < -0.4 is 16.8 Å². The highest BCUT2D eigenvalue weighted by molar-refractivity contribution is 6.39. The number of aliphatic carboxylic acids is 1. The van der Waals surface area contributed by atoms with E-state index < -0.39 is 17.9 Å². The number of rotatable bonds is 9. The highest BCUT2D eigenvalue weighted by atomic mass is 35.5. The fourth-order valence-corrected chi connectivity index (χ4v) is 4.87. The molecule has 3 atom stereocenters. The molecule has 1 aliphatic rings. The summed E-state index contributed by atoms with van der Waals surface area (Å²) in [5.41, 5.74) is 12.5. The quantitative estimate of drug-likeness (QED) is 0.295. The van der Waals surface area contributed by atoms with Crippen molar-refractivity contribution in [2.45, 2.75) is 50.6 Å². The second-order valence-corrected chi connectivity index (χ2v) is 9.51. The van der Waals surface area contributed by atoms with Gasteiger partial charge in [-0.2, -0.15) is 0 Å². The van der Waals surface area contributed by atoms with E-state index in [0.717, 1.165) is 24.8 Å². The summed E-state index contributed by atoms with van der Waals surface area (Å²) in [5.74, 6) is -1.75. The number of hydrogen-bond donors (Lipinski definition) is 4. The van der Waals surface area contributed by atoms with E-state index in [-0.39, 0.29) is 52.2 Å². The lowest BCUT2D eigenvalue weighted by molar-refractivity contribution is -0.139. The fourth-order valence-electron chi connectivity index (χ4n) is 4.30. The van der Waals surface area contributed by atoms with Gasteiger partial charge in [0.2, 0.25) is 0 Å². The monoisotopic (exact) mass is 518 g/mol. The first-order valence-corrected chi connectivity index (χ1v) is 12.1. The Balaban J connectivity index is 1.61. The summed E-state index contributed by atoms with van der Waals surface area (Å²) in [4.78, 5) is 41.4. The van der Waals surface area contributed by atoms with Crippen LogP contribution in [0.1, 0.15) is 47.2 Å². The first-order chi connectivity index (χ1) is 16.6. The number of halogens is 2. The molecule has 1 aliphatic carbocycles. The fraction of sp³-hybridized carbons (Fsp3) is 0.360. The average Bonchev–Trinajstić information content (AvgIpc) is 2.79. The minimum atomic E-state index is -1.19. The second-order valence-electron chi connectivity index (χ2n) is 8.70. The largest absolute Gasteiger partial charge is 0.480 e. The third kappa shape index (κ3) is 7.44. The summed E-state index contributed by atoms with van der Waals surface area (Å²) in [5, 5.41) is 12.4. The number of nitrogens with zero attached hydrogens (tertiary/aromatic N) is 1. The minimum Gasteiger partial charge on any atom is -0.480 e. The molecule has 10 heteroatoms. The Hall–Kier alpha value is -3.10. The van der Waals surface area contributed by atoms with Crippen LogP contribution in [0.2, 0.25) is 10.0 Å². The standard InChI is InChI=1S/C25H28Cl2N4O4/c26-18-5-2-6-19(27)22(18)23(33)31-20(24(34)35)11-14-7-9-15(10-8-14)12-21(32)16-3-1-4-17(13-16)30-25(28)29/h2,5-10,16-17,20H,1,3-4,11-13H2,(H,31,33)(H,34,35)(H4,28,29,30)/t16-,17-,20+/m1/s1. The van der Waals surface area contributed by atoms with Gasteiger partial charge in [-0.3, -0.25) is 14.6 Å². The van der Waals surface area contributed by atoms with Crippen LogP contribution in [-0.4, -0.2) is 40.8 Å². The molecule has 35 heavy (non-hydrogen) atoms. The molecule has 0 saturated heterocycles. The van der Waals surface area contributed by atoms with Crippen molar-refractivity contribution < 1.29 is 19.5 Å². The van der Waals surface area contributed by atoms with Gasteiger partial charge < -0.3 is 21.9 Å². The number of guanidine groups is 1. The van der Waals surface area contributed by atoms with Crippen molar-refractivity contribution in [1.29, 1.82) is 0 Å². The lowest BCUT2D eigenvalue weighted by atomic mass is 9.81. The summed E-state index contributed by atoms with van der Waals surface area (Å²) < 4.78 is 0. The van der Waals surface area contributed by atoms with E-state index >= 15 is 0 Å². The van der Waals surface area contributed by atoms with Crippen LogP contribution in [0.3, 0.4) is 0 Å². The van der Waals surface area contributed by atoms with Crippen molar-refractivity contribution in [1.82, 2.24) is 5.32 Å². The van der Waals surface area contributed by atoms with E-state index in [0.29, 0.717) is 12.0 Å². The third-order valence-electron chi connectivity index (χ3n) is 6.07. The second kappa shape index (κ2) is 12.0. The lowest BCUT2D eigenvalue weighted by Gasteiger charge is -2.26. The minimum absolute atomic E-state index is 0.0195. The number of benzene rings is 2. The molecule has 0 aliphatic heterocycles. The molecular formula is C25H28Cl2N4O4. The van der Waals surface area contributed by atoms with Gasteiger partial charge in [-0.05, 0) is 42.5 Å². The number of hydrogen-bond acceptors (Lipinski definition) is 4. The van der Waals surface area contributed by atoms with Crippen LogP contribution in [0.25, 0.3) is 0 Å². The van der Waals surface area contributed by atoms with Crippen LogP contribution in [0.4, 0.5) is 0 Å². The van der Waals surface area contributed by atoms with Gasteiger partial charge in [0, 0.05) is 18.8 Å². The number of nitrogens with two attached hydrogens (primary N) is 2. The SMILES string of the molecule is NC(N)=N[C@@H]1CCC[C@@H](C(=O)Cc2ccc(C[C@H](NC(=O)c3c(Cl)cccc3Cl)C(=O)O)cc2)C1. The number of carboxylic acid groups (broad SMARTS) is 1. The maximum absolute atomic E-state index is 12.8.